The van der Waals surface area contributed by atoms with Gasteiger partial charge in [0, 0.05) is 24.6 Å². The number of fused-ring (bicyclic) bond motifs is 1. The zero-order chi connectivity index (χ0) is 12.0. The van der Waals surface area contributed by atoms with Crippen LogP contribution in [-0.4, -0.2) is 17.9 Å². The van der Waals surface area contributed by atoms with Crippen LogP contribution in [0.1, 0.15) is 22.7 Å². The van der Waals surface area contributed by atoms with Gasteiger partial charge in [0.1, 0.15) is 0 Å². The largest absolute Gasteiger partial charge is 0.365 e. The summed E-state index contributed by atoms with van der Waals surface area (Å²) in [6, 6.07) is 9.98. The highest BCUT2D eigenvalue weighted by molar-refractivity contribution is 6.06. The molecule has 3 heteroatoms. The third kappa shape index (κ3) is 1.32. The second kappa shape index (κ2) is 3.48. The van der Waals surface area contributed by atoms with Crippen molar-refractivity contribution in [3.05, 3.63) is 53.3 Å². The summed E-state index contributed by atoms with van der Waals surface area (Å²) in [7, 11) is 1.84. The lowest BCUT2D eigenvalue weighted by Crippen LogP contribution is -2.24. The maximum absolute atomic E-state index is 12.3. The Kier molecular flexibility index (Phi) is 2.08. The predicted molar refractivity (Wildman–Crippen MR) is 67.2 cm³/mol. The van der Waals surface area contributed by atoms with Crippen LogP contribution in [-0.2, 0) is 4.79 Å². The second-order valence-electron chi connectivity index (χ2n) is 4.45. The van der Waals surface area contributed by atoms with E-state index in [0.717, 1.165) is 22.5 Å². The molecular formula is C14H14N2O. The molecule has 86 valence electrons. The van der Waals surface area contributed by atoms with Crippen LogP contribution < -0.4 is 4.90 Å². The van der Waals surface area contributed by atoms with Gasteiger partial charge >= 0.3 is 0 Å². The van der Waals surface area contributed by atoms with Crippen LogP contribution in [0.5, 0.6) is 0 Å². The summed E-state index contributed by atoms with van der Waals surface area (Å²) in [6.45, 7) is 2.00. The molecule has 1 aromatic heterocycles. The summed E-state index contributed by atoms with van der Waals surface area (Å²) in [5.41, 5.74) is 4.26. The molecule has 0 bridgehead atoms. The molecule has 0 saturated heterocycles. The number of nitrogens with zero attached hydrogens (tertiary/aromatic N) is 1. The molecule has 0 saturated carbocycles. The zero-order valence-electron chi connectivity index (χ0n) is 9.90. The number of likely N-dealkylation sites (N-methyl/N-ethyl adjacent to an activating group) is 1. The number of benzene rings is 1. The van der Waals surface area contributed by atoms with Crippen molar-refractivity contribution in [2.75, 3.05) is 11.9 Å². The molecule has 1 aliphatic heterocycles. The highest BCUT2D eigenvalue weighted by Gasteiger charge is 2.36. The fraction of sp³-hybridized carbons (Fsp3) is 0.214. The molecule has 1 N–H and O–H groups in total. The summed E-state index contributed by atoms with van der Waals surface area (Å²) < 4.78 is 0. The number of aryl methyl sites for hydroxylation is 1. The zero-order valence-corrected chi connectivity index (χ0v) is 9.90. The topological polar surface area (TPSA) is 36.1 Å². The molecule has 0 radical (unpaired) electrons. The maximum atomic E-state index is 12.3. The number of H-pyrrole nitrogens is 1. The van der Waals surface area contributed by atoms with Crippen LogP contribution in [0.25, 0.3) is 0 Å². The summed E-state index contributed by atoms with van der Waals surface area (Å²) in [6.07, 6.45) is 1.89. The first-order valence-corrected chi connectivity index (χ1v) is 5.70. The van der Waals surface area contributed by atoms with Crippen LogP contribution in [0.15, 0.2) is 36.5 Å². The van der Waals surface area contributed by atoms with E-state index in [9.17, 15) is 4.79 Å². The van der Waals surface area contributed by atoms with Gasteiger partial charge in [0.2, 0.25) is 5.91 Å². The Morgan fingerprint density at radius 1 is 1.18 bits per heavy atom. The van der Waals surface area contributed by atoms with E-state index >= 15 is 0 Å². The summed E-state index contributed by atoms with van der Waals surface area (Å²) in [5, 5.41) is 0. The van der Waals surface area contributed by atoms with Crippen LogP contribution in [0, 0.1) is 6.92 Å². The molecule has 2 heterocycles. The Labute approximate surface area is 100 Å². The maximum Gasteiger partial charge on any atom is 0.238 e. The third-order valence-corrected chi connectivity index (χ3v) is 3.49. The lowest BCUT2D eigenvalue weighted by molar-refractivity contribution is -0.118. The monoisotopic (exact) mass is 226 g/mol. The van der Waals surface area contributed by atoms with Crippen molar-refractivity contribution >= 4 is 11.6 Å². The van der Waals surface area contributed by atoms with Crippen molar-refractivity contribution < 1.29 is 4.79 Å². The number of aromatic amines is 1. The number of rotatable bonds is 1. The van der Waals surface area contributed by atoms with Crippen molar-refractivity contribution in [3.63, 3.8) is 0 Å². The number of carbonyl (C=O) groups is 1. The average molecular weight is 226 g/mol. The Hall–Kier alpha value is -2.03. The van der Waals surface area contributed by atoms with Gasteiger partial charge in [-0.05, 0) is 30.2 Å². The minimum atomic E-state index is -0.151. The number of carbonyl (C=O) groups excluding carboxylic acids is 1. The molecular weight excluding hydrogens is 212 g/mol. The van der Waals surface area contributed by atoms with Crippen molar-refractivity contribution in [3.8, 4) is 0 Å². The van der Waals surface area contributed by atoms with Gasteiger partial charge in [-0.3, -0.25) is 4.79 Å². The van der Waals surface area contributed by atoms with E-state index in [-0.39, 0.29) is 11.8 Å². The van der Waals surface area contributed by atoms with Gasteiger partial charge < -0.3 is 9.88 Å². The summed E-state index contributed by atoms with van der Waals surface area (Å²) >= 11 is 0. The summed E-state index contributed by atoms with van der Waals surface area (Å²) in [5.74, 6) is -0.00338. The van der Waals surface area contributed by atoms with Gasteiger partial charge in [0.05, 0.1) is 5.92 Å². The van der Waals surface area contributed by atoms with Gasteiger partial charge in [-0.15, -0.1) is 0 Å². The smallest absolute Gasteiger partial charge is 0.238 e. The van der Waals surface area contributed by atoms with Crippen LogP contribution in [0.2, 0.25) is 0 Å². The van der Waals surface area contributed by atoms with Crippen molar-refractivity contribution in [1.29, 1.82) is 0 Å². The summed E-state index contributed by atoms with van der Waals surface area (Å²) in [4.78, 5) is 17.2. The van der Waals surface area contributed by atoms with Gasteiger partial charge in [0.15, 0.2) is 0 Å². The van der Waals surface area contributed by atoms with E-state index in [1.54, 1.807) is 4.90 Å². The van der Waals surface area contributed by atoms with Gasteiger partial charge in [-0.25, -0.2) is 0 Å². The van der Waals surface area contributed by atoms with Crippen molar-refractivity contribution in [2.24, 2.45) is 0 Å². The number of anilines is 1. The number of para-hydroxylation sites is 1. The fourth-order valence-corrected chi connectivity index (χ4v) is 2.56. The van der Waals surface area contributed by atoms with E-state index in [2.05, 4.69) is 4.98 Å². The molecule has 3 rings (SSSR count). The number of nitrogens with one attached hydrogen (secondary N) is 1. The molecule has 1 unspecified atom stereocenters. The van der Waals surface area contributed by atoms with Gasteiger partial charge in [0.25, 0.3) is 0 Å². The average Bonchev–Trinajstić information content (AvgIpc) is 2.84. The SMILES string of the molecule is Cc1[nH]ccc1C1C(=O)N(C)c2ccccc21. The molecule has 1 aliphatic rings. The predicted octanol–water partition coefficient (Wildman–Crippen LogP) is 2.43. The Morgan fingerprint density at radius 3 is 2.65 bits per heavy atom. The first kappa shape index (κ1) is 10.1. The number of aromatic nitrogens is 1. The lowest BCUT2D eigenvalue weighted by atomic mass is 9.93. The molecule has 1 atom stereocenters. The van der Waals surface area contributed by atoms with E-state index < -0.39 is 0 Å². The standard InChI is InChI=1S/C14H14N2O/c1-9-10(7-8-15-9)13-11-5-3-4-6-12(11)16(2)14(13)17/h3-8,13,15H,1-2H3. The van der Waals surface area contributed by atoms with Gasteiger partial charge in [-0.1, -0.05) is 18.2 Å². The first-order chi connectivity index (χ1) is 8.20. The van der Waals surface area contributed by atoms with Crippen LogP contribution in [0.3, 0.4) is 0 Å². The highest BCUT2D eigenvalue weighted by Crippen LogP contribution is 2.40. The number of hydrogen-bond acceptors (Lipinski definition) is 1. The van der Waals surface area contributed by atoms with E-state index in [0.29, 0.717) is 0 Å². The Bertz CT molecular complexity index is 585. The molecule has 3 nitrogen and oxygen atoms in total. The third-order valence-electron chi connectivity index (χ3n) is 3.49. The van der Waals surface area contributed by atoms with E-state index in [1.807, 2.05) is 50.5 Å². The first-order valence-electron chi connectivity index (χ1n) is 5.70. The molecule has 0 aliphatic carbocycles. The van der Waals surface area contributed by atoms with Gasteiger partial charge in [-0.2, -0.15) is 0 Å². The van der Waals surface area contributed by atoms with Crippen molar-refractivity contribution in [2.45, 2.75) is 12.8 Å². The van der Waals surface area contributed by atoms with E-state index in [1.165, 1.54) is 0 Å². The molecule has 0 fully saturated rings. The lowest BCUT2D eigenvalue weighted by Gasteiger charge is -2.11. The Morgan fingerprint density at radius 2 is 1.94 bits per heavy atom. The second-order valence-corrected chi connectivity index (χ2v) is 4.45. The minimum absolute atomic E-state index is 0.147. The quantitative estimate of drug-likeness (QED) is 0.796. The van der Waals surface area contributed by atoms with Crippen LogP contribution in [0.4, 0.5) is 5.69 Å². The highest BCUT2D eigenvalue weighted by atomic mass is 16.2. The van der Waals surface area contributed by atoms with Crippen molar-refractivity contribution in [1.82, 2.24) is 4.98 Å². The Balaban J connectivity index is 2.19. The van der Waals surface area contributed by atoms with E-state index in [4.69, 9.17) is 0 Å². The molecule has 17 heavy (non-hydrogen) atoms. The molecule has 2 aromatic rings. The van der Waals surface area contributed by atoms with Crippen LogP contribution >= 0.6 is 0 Å². The minimum Gasteiger partial charge on any atom is -0.365 e. The molecule has 1 amide bonds. The normalized spacial score (nSPS) is 18.6. The fourth-order valence-electron chi connectivity index (χ4n) is 2.56. The number of hydrogen-bond donors (Lipinski definition) is 1. The molecule has 0 spiro atoms. The number of amides is 1. The molecule has 1 aromatic carbocycles.